The van der Waals surface area contributed by atoms with E-state index in [1.54, 1.807) is 12.1 Å². The number of halogens is 2. The van der Waals surface area contributed by atoms with E-state index in [0.717, 1.165) is 16.7 Å². The molecule has 1 heterocycles. The second-order valence-electron chi connectivity index (χ2n) is 5.67. The zero-order valence-electron chi connectivity index (χ0n) is 13.0. The van der Waals surface area contributed by atoms with Crippen LogP contribution in [0.5, 0.6) is 0 Å². The number of nitrogens with one attached hydrogen (secondary N) is 1. The summed E-state index contributed by atoms with van der Waals surface area (Å²) in [6.45, 7) is 0. The number of nitrogens with zero attached hydrogens (tertiary/aromatic N) is 1. The van der Waals surface area contributed by atoms with Crippen molar-refractivity contribution in [1.82, 2.24) is 9.97 Å². The lowest BCUT2D eigenvalue weighted by molar-refractivity contribution is 1.18. The minimum Gasteiger partial charge on any atom is -0.306 e. The molecule has 0 saturated carbocycles. The van der Waals surface area contributed by atoms with Crippen LogP contribution in [0.15, 0.2) is 71.5 Å². The number of fused-ring (bicyclic) bond motifs is 1. The van der Waals surface area contributed by atoms with Crippen LogP contribution in [0.4, 0.5) is 0 Å². The highest BCUT2D eigenvalue weighted by Gasteiger charge is 2.07. The smallest absolute Gasteiger partial charge is 0.259 e. The molecule has 0 fully saturated rings. The maximum atomic E-state index is 12.2. The summed E-state index contributed by atoms with van der Waals surface area (Å²) in [7, 11) is 0. The van der Waals surface area contributed by atoms with Gasteiger partial charge in [0.15, 0.2) is 0 Å². The Hall–Kier alpha value is -2.62. The summed E-state index contributed by atoms with van der Waals surface area (Å²) in [5.74, 6) is 0.541. The maximum absolute atomic E-state index is 12.2. The fraction of sp³-hybridized carbons (Fsp3) is 0. The first-order valence-corrected chi connectivity index (χ1v) is 8.42. The molecule has 0 amide bonds. The molecule has 3 aromatic carbocycles. The van der Waals surface area contributed by atoms with Crippen LogP contribution in [0.3, 0.4) is 0 Å². The molecule has 0 bridgehead atoms. The van der Waals surface area contributed by atoms with E-state index in [9.17, 15) is 4.79 Å². The predicted molar refractivity (Wildman–Crippen MR) is 103 cm³/mol. The van der Waals surface area contributed by atoms with Crippen LogP contribution in [0.2, 0.25) is 10.0 Å². The summed E-state index contributed by atoms with van der Waals surface area (Å²) < 4.78 is 0. The predicted octanol–water partition coefficient (Wildman–Crippen LogP) is 5.56. The van der Waals surface area contributed by atoms with E-state index in [2.05, 4.69) is 9.97 Å². The molecule has 3 nitrogen and oxygen atoms in total. The Morgan fingerprint density at radius 3 is 2.12 bits per heavy atom. The number of benzene rings is 3. The van der Waals surface area contributed by atoms with Crippen molar-refractivity contribution in [3.05, 3.63) is 87.1 Å². The van der Waals surface area contributed by atoms with E-state index >= 15 is 0 Å². The monoisotopic (exact) mass is 366 g/mol. The van der Waals surface area contributed by atoms with E-state index < -0.39 is 0 Å². The van der Waals surface area contributed by atoms with Gasteiger partial charge in [-0.1, -0.05) is 59.6 Å². The van der Waals surface area contributed by atoms with Crippen LogP contribution in [0.1, 0.15) is 0 Å². The van der Waals surface area contributed by atoms with E-state index in [0.29, 0.717) is 26.8 Å². The van der Waals surface area contributed by atoms with Crippen molar-refractivity contribution in [1.29, 1.82) is 0 Å². The van der Waals surface area contributed by atoms with Crippen LogP contribution < -0.4 is 5.56 Å². The minimum atomic E-state index is -0.147. The average Bonchev–Trinajstić information content (AvgIpc) is 2.61. The lowest BCUT2D eigenvalue weighted by Gasteiger charge is -2.06. The van der Waals surface area contributed by atoms with Gasteiger partial charge in [0.25, 0.3) is 5.56 Å². The minimum absolute atomic E-state index is 0.147. The maximum Gasteiger partial charge on any atom is 0.259 e. The lowest BCUT2D eigenvalue weighted by Crippen LogP contribution is -2.09. The number of rotatable bonds is 2. The quantitative estimate of drug-likeness (QED) is 0.504. The number of para-hydroxylation sites is 1. The molecule has 0 atom stereocenters. The molecular weight excluding hydrogens is 355 g/mol. The van der Waals surface area contributed by atoms with Gasteiger partial charge in [-0.3, -0.25) is 4.79 Å². The third kappa shape index (κ3) is 3.16. The normalized spacial score (nSPS) is 11.0. The number of H-pyrrole nitrogens is 1. The SMILES string of the molecule is O=c1[nH]c(-c2ccc(-c3cc(Cl)cc(Cl)c3)cc2)nc2ccccc12. The summed E-state index contributed by atoms with van der Waals surface area (Å²) in [6, 6.07) is 20.4. The van der Waals surface area contributed by atoms with Gasteiger partial charge in [0.1, 0.15) is 5.82 Å². The molecule has 4 rings (SSSR count). The molecule has 25 heavy (non-hydrogen) atoms. The first-order chi connectivity index (χ1) is 12.1. The van der Waals surface area contributed by atoms with Gasteiger partial charge in [-0.15, -0.1) is 0 Å². The Kier molecular flexibility index (Phi) is 4.04. The molecule has 4 aromatic rings. The summed E-state index contributed by atoms with van der Waals surface area (Å²) in [6.07, 6.45) is 0. The highest BCUT2D eigenvalue weighted by molar-refractivity contribution is 6.35. The summed E-state index contributed by atoms with van der Waals surface area (Å²) >= 11 is 12.1. The zero-order valence-corrected chi connectivity index (χ0v) is 14.5. The molecule has 1 N–H and O–H groups in total. The standard InChI is InChI=1S/C20H12Cl2N2O/c21-15-9-14(10-16(22)11-15)12-5-7-13(8-6-12)19-23-18-4-2-1-3-17(18)20(25)24-19/h1-11H,(H,23,24,25). The molecule has 0 saturated heterocycles. The number of aromatic amines is 1. The van der Waals surface area contributed by atoms with Crippen molar-refractivity contribution in [3.8, 4) is 22.5 Å². The number of hydrogen-bond acceptors (Lipinski definition) is 2. The van der Waals surface area contributed by atoms with Crippen LogP contribution in [0, 0.1) is 0 Å². The molecule has 0 aliphatic rings. The van der Waals surface area contributed by atoms with Crippen molar-refractivity contribution >= 4 is 34.1 Å². The van der Waals surface area contributed by atoms with E-state index in [1.165, 1.54) is 0 Å². The van der Waals surface area contributed by atoms with Gasteiger partial charge in [-0.05, 0) is 41.5 Å². The third-order valence-electron chi connectivity index (χ3n) is 3.97. The van der Waals surface area contributed by atoms with Gasteiger partial charge in [0, 0.05) is 15.6 Å². The lowest BCUT2D eigenvalue weighted by atomic mass is 10.0. The summed E-state index contributed by atoms with van der Waals surface area (Å²) in [5.41, 5.74) is 3.28. The van der Waals surface area contributed by atoms with E-state index in [-0.39, 0.29) is 5.56 Å². The molecule has 0 aliphatic heterocycles. The molecule has 0 aliphatic carbocycles. The Morgan fingerprint density at radius 2 is 1.40 bits per heavy atom. The van der Waals surface area contributed by atoms with Crippen LogP contribution in [-0.2, 0) is 0 Å². The first-order valence-electron chi connectivity index (χ1n) is 7.66. The number of hydrogen-bond donors (Lipinski definition) is 1. The summed E-state index contributed by atoms with van der Waals surface area (Å²) in [4.78, 5) is 19.6. The van der Waals surface area contributed by atoms with Crippen LogP contribution in [-0.4, -0.2) is 9.97 Å². The highest BCUT2D eigenvalue weighted by Crippen LogP contribution is 2.28. The van der Waals surface area contributed by atoms with Crippen molar-refractivity contribution < 1.29 is 0 Å². The van der Waals surface area contributed by atoms with Crippen molar-refractivity contribution in [2.75, 3.05) is 0 Å². The van der Waals surface area contributed by atoms with Crippen molar-refractivity contribution in [2.24, 2.45) is 0 Å². The van der Waals surface area contributed by atoms with Crippen molar-refractivity contribution in [2.45, 2.75) is 0 Å². The molecule has 0 radical (unpaired) electrons. The molecule has 5 heteroatoms. The second kappa shape index (κ2) is 6.36. The Bertz CT molecular complexity index is 1110. The first kappa shape index (κ1) is 15.9. The van der Waals surface area contributed by atoms with E-state index in [1.807, 2.05) is 54.6 Å². The van der Waals surface area contributed by atoms with Gasteiger partial charge in [0.05, 0.1) is 10.9 Å². The summed E-state index contributed by atoms with van der Waals surface area (Å²) in [5, 5.41) is 1.76. The second-order valence-corrected chi connectivity index (χ2v) is 6.54. The fourth-order valence-electron chi connectivity index (χ4n) is 2.76. The molecule has 122 valence electrons. The van der Waals surface area contributed by atoms with E-state index in [4.69, 9.17) is 23.2 Å². The number of aromatic nitrogens is 2. The molecular formula is C20H12Cl2N2O. The topological polar surface area (TPSA) is 45.8 Å². The molecule has 0 spiro atoms. The van der Waals surface area contributed by atoms with Gasteiger partial charge < -0.3 is 4.98 Å². The van der Waals surface area contributed by atoms with Gasteiger partial charge in [-0.2, -0.15) is 0 Å². The fourth-order valence-corrected chi connectivity index (χ4v) is 3.29. The van der Waals surface area contributed by atoms with Crippen molar-refractivity contribution in [3.63, 3.8) is 0 Å². The van der Waals surface area contributed by atoms with Gasteiger partial charge in [0.2, 0.25) is 0 Å². The Labute approximate surface area is 153 Å². The van der Waals surface area contributed by atoms with Crippen LogP contribution >= 0.6 is 23.2 Å². The Balaban J connectivity index is 1.76. The third-order valence-corrected chi connectivity index (χ3v) is 4.40. The zero-order chi connectivity index (χ0) is 17.4. The molecule has 1 aromatic heterocycles. The van der Waals surface area contributed by atoms with Gasteiger partial charge >= 0.3 is 0 Å². The Morgan fingerprint density at radius 1 is 0.760 bits per heavy atom. The molecule has 0 unspecified atom stereocenters. The van der Waals surface area contributed by atoms with Gasteiger partial charge in [-0.25, -0.2) is 4.98 Å². The largest absolute Gasteiger partial charge is 0.306 e. The highest BCUT2D eigenvalue weighted by atomic mass is 35.5. The average molecular weight is 367 g/mol. The van der Waals surface area contributed by atoms with Crippen LogP contribution in [0.25, 0.3) is 33.4 Å².